The summed E-state index contributed by atoms with van der Waals surface area (Å²) in [6.45, 7) is 1.93. The first-order chi connectivity index (χ1) is 10.6. The monoisotopic (exact) mass is 293 g/mol. The second-order valence-electron chi connectivity index (χ2n) is 4.95. The van der Waals surface area contributed by atoms with E-state index in [0.717, 1.165) is 11.1 Å². The molecule has 0 aliphatic rings. The van der Waals surface area contributed by atoms with Gasteiger partial charge in [0.1, 0.15) is 11.9 Å². The lowest BCUT2D eigenvalue weighted by Gasteiger charge is -2.06. The van der Waals surface area contributed by atoms with E-state index >= 15 is 0 Å². The fourth-order valence-electron chi connectivity index (χ4n) is 2.45. The summed E-state index contributed by atoms with van der Waals surface area (Å²) in [5, 5.41) is 14.2. The third-order valence-electron chi connectivity index (χ3n) is 3.57. The molecule has 0 saturated heterocycles. The number of H-pyrrole nitrogens is 2. The van der Waals surface area contributed by atoms with Gasteiger partial charge in [-0.15, -0.1) is 0 Å². The Bertz CT molecular complexity index is 947. The van der Waals surface area contributed by atoms with Crippen LogP contribution in [0.1, 0.15) is 11.1 Å². The highest BCUT2D eigenvalue weighted by Crippen LogP contribution is 2.30. The summed E-state index contributed by atoms with van der Waals surface area (Å²) < 4.78 is 13.8. The van der Waals surface area contributed by atoms with Crippen LogP contribution in [-0.2, 0) is 0 Å². The van der Waals surface area contributed by atoms with Crippen molar-refractivity contribution < 1.29 is 4.39 Å². The number of hydrogen-bond donors (Lipinski definition) is 2. The maximum atomic E-state index is 13.8. The number of aromatic nitrogens is 2. The zero-order valence-corrected chi connectivity index (χ0v) is 11.8. The van der Waals surface area contributed by atoms with E-state index < -0.39 is 5.82 Å². The molecule has 2 aromatic carbocycles. The molecular formula is C17H12FN3O. The molecule has 0 saturated carbocycles. The highest BCUT2D eigenvalue weighted by molar-refractivity contribution is 5.81. The third-order valence-corrected chi connectivity index (χ3v) is 3.57. The molecule has 108 valence electrons. The minimum atomic E-state index is -0.642. The first-order valence-electron chi connectivity index (χ1n) is 6.68. The quantitative estimate of drug-likeness (QED) is 0.760. The molecule has 0 bridgehead atoms. The SMILES string of the molecule is Cc1ccccc1-c1[nH][nH]c(=O)c1-c1ccc(C#N)c(F)c1. The molecule has 0 fully saturated rings. The Hall–Kier alpha value is -3.13. The van der Waals surface area contributed by atoms with E-state index in [2.05, 4.69) is 10.2 Å². The zero-order valence-electron chi connectivity index (χ0n) is 11.8. The summed E-state index contributed by atoms with van der Waals surface area (Å²) >= 11 is 0. The Kier molecular flexibility index (Phi) is 3.36. The summed E-state index contributed by atoms with van der Waals surface area (Å²) in [5.74, 6) is -0.642. The van der Waals surface area contributed by atoms with E-state index in [9.17, 15) is 9.18 Å². The van der Waals surface area contributed by atoms with Crippen molar-refractivity contribution in [2.75, 3.05) is 0 Å². The minimum absolute atomic E-state index is 0.0480. The zero-order chi connectivity index (χ0) is 15.7. The standard InChI is InChI=1S/C17H12FN3O/c1-10-4-2-3-5-13(10)16-15(17(22)21-20-16)11-6-7-12(9-19)14(18)8-11/h2-8H,1H3,(H2,20,21,22). The molecule has 4 nitrogen and oxygen atoms in total. The van der Waals surface area contributed by atoms with E-state index in [-0.39, 0.29) is 11.1 Å². The van der Waals surface area contributed by atoms with E-state index in [1.165, 1.54) is 12.1 Å². The number of nitriles is 1. The molecule has 3 rings (SSSR count). The van der Waals surface area contributed by atoms with Gasteiger partial charge in [0.05, 0.1) is 16.8 Å². The molecular weight excluding hydrogens is 281 g/mol. The fraction of sp³-hybridized carbons (Fsp3) is 0.0588. The van der Waals surface area contributed by atoms with E-state index in [4.69, 9.17) is 5.26 Å². The highest BCUT2D eigenvalue weighted by atomic mass is 19.1. The van der Waals surface area contributed by atoms with Crippen molar-refractivity contribution in [3.8, 4) is 28.5 Å². The van der Waals surface area contributed by atoms with Crippen LogP contribution in [0.3, 0.4) is 0 Å². The van der Waals surface area contributed by atoms with Gasteiger partial charge in [0.15, 0.2) is 0 Å². The lowest BCUT2D eigenvalue weighted by atomic mass is 9.98. The minimum Gasteiger partial charge on any atom is -0.297 e. The average molecular weight is 293 g/mol. The van der Waals surface area contributed by atoms with E-state index in [0.29, 0.717) is 16.8 Å². The summed E-state index contributed by atoms with van der Waals surface area (Å²) in [4.78, 5) is 12.1. The van der Waals surface area contributed by atoms with Crippen molar-refractivity contribution in [3.63, 3.8) is 0 Å². The number of nitrogens with one attached hydrogen (secondary N) is 2. The predicted molar refractivity (Wildman–Crippen MR) is 81.7 cm³/mol. The fourth-order valence-corrected chi connectivity index (χ4v) is 2.45. The van der Waals surface area contributed by atoms with E-state index in [1.54, 1.807) is 12.1 Å². The van der Waals surface area contributed by atoms with Crippen molar-refractivity contribution in [1.82, 2.24) is 10.2 Å². The molecule has 2 N–H and O–H groups in total. The Labute approximate surface area is 125 Å². The molecule has 0 unspecified atom stereocenters. The lowest BCUT2D eigenvalue weighted by Crippen LogP contribution is -2.02. The van der Waals surface area contributed by atoms with Crippen LogP contribution in [0, 0.1) is 24.1 Å². The molecule has 0 aliphatic carbocycles. The van der Waals surface area contributed by atoms with Gasteiger partial charge in [-0.3, -0.25) is 15.0 Å². The maximum Gasteiger partial charge on any atom is 0.272 e. The topological polar surface area (TPSA) is 72.4 Å². The Morgan fingerprint density at radius 3 is 2.59 bits per heavy atom. The van der Waals surface area contributed by atoms with Gasteiger partial charge in [-0.1, -0.05) is 30.3 Å². The van der Waals surface area contributed by atoms with Gasteiger partial charge in [0.2, 0.25) is 0 Å². The second-order valence-corrected chi connectivity index (χ2v) is 4.95. The van der Waals surface area contributed by atoms with Gasteiger partial charge in [-0.2, -0.15) is 5.26 Å². The Balaban J connectivity index is 2.23. The summed E-state index contributed by atoms with van der Waals surface area (Å²) in [6.07, 6.45) is 0. The Morgan fingerprint density at radius 1 is 1.14 bits per heavy atom. The maximum absolute atomic E-state index is 13.8. The number of aromatic amines is 2. The molecule has 3 aromatic rings. The highest BCUT2D eigenvalue weighted by Gasteiger charge is 2.16. The first-order valence-corrected chi connectivity index (χ1v) is 6.68. The summed E-state index contributed by atoms with van der Waals surface area (Å²) in [6, 6.07) is 13.5. The van der Waals surface area contributed by atoms with Crippen LogP contribution in [0.4, 0.5) is 4.39 Å². The van der Waals surface area contributed by atoms with Crippen LogP contribution in [0.15, 0.2) is 47.3 Å². The van der Waals surface area contributed by atoms with Crippen LogP contribution < -0.4 is 5.56 Å². The number of hydrogen-bond acceptors (Lipinski definition) is 2. The van der Waals surface area contributed by atoms with Gasteiger partial charge in [-0.25, -0.2) is 4.39 Å². The molecule has 0 radical (unpaired) electrons. The van der Waals surface area contributed by atoms with Crippen LogP contribution >= 0.6 is 0 Å². The molecule has 0 atom stereocenters. The molecule has 1 heterocycles. The second kappa shape index (κ2) is 5.34. The van der Waals surface area contributed by atoms with Crippen LogP contribution in [0.5, 0.6) is 0 Å². The van der Waals surface area contributed by atoms with Crippen molar-refractivity contribution in [1.29, 1.82) is 5.26 Å². The van der Waals surface area contributed by atoms with Crippen molar-refractivity contribution in [2.45, 2.75) is 6.92 Å². The number of aryl methyl sites for hydroxylation is 1. The van der Waals surface area contributed by atoms with Crippen LogP contribution in [0.25, 0.3) is 22.4 Å². The van der Waals surface area contributed by atoms with Gasteiger partial charge in [0.25, 0.3) is 5.56 Å². The molecule has 0 amide bonds. The van der Waals surface area contributed by atoms with Crippen molar-refractivity contribution in [2.24, 2.45) is 0 Å². The number of nitrogens with zero attached hydrogens (tertiary/aromatic N) is 1. The largest absolute Gasteiger partial charge is 0.297 e. The summed E-state index contributed by atoms with van der Waals surface area (Å²) in [5.41, 5.74) is 2.87. The molecule has 5 heteroatoms. The predicted octanol–water partition coefficient (Wildman–Crippen LogP) is 3.36. The lowest BCUT2D eigenvalue weighted by molar-refractivity contribution is 0.624. The van der Waals surface area contributed by atoms with E-state index in [1.807, 2.05) is 31.2 Å². The summed E-state index contributed by atoms with van der Waals surface area (Å²) in [7, 11) is 0. The smallest absolute Gasteiger partial charge is 0.272 e. The Morgan fingerprint density at radius 2 is 1.91 bits per heavy atom. The number of halogens is 1. The average Bonchev–Trinajstić information content (AvgIpc) is 2.89. The van der Waals surface area contributed by atoms with Crippen LogP contribution in [0.2, 0.25) is 0 Å². The third kappa shape index (κ3) is 2.21. The molecule has 22 heavy (non-hydrogen) atoms. The van der Waals surface area contributed by atoms with Gasteiger partial charge in [0, 0.05) is 5.56 Å². The molecule has 0 spiro atoms. The first kappa shape index (κ1) is 13.8. The number of benzene rings is 2. The van der Waals surface area contributed by atoms with Gasteiger partial charge < -0.3 is 0 Å². The van der Waals surface area contributed by atoms with Gasteiger partial charge >= 0.3 is 0 Å². The molecule has 0 aliphatic heterocycles. The van der Waals surface area contributed by atoms with Crippen molar-refractivity contribution in [3.05, 3.63) is 69.8 Å². The van der Waals surface area contributed by atoms with Gasteiger partial charge in [-0.05, 0) is 30.2 Å². The van der Waals surface area contributed by atoms with Crippen LogP contribution in [-0.4, -0.2) is 10.2 Å². The number of rotatable bonds is 2. The molecule has 1 aromatic heterocycles. The normalized spacial score (nSPS) is 10.4. The van der Waals surface area contributed by atoms with Crippen molar-refractivity contribution >= 4 is 0 Å².